The lowest BCUT2D eigenvalue weighted by atomic mass is 9.88. The molecular weight excluding hydrogens is 288 g/mol. The van der Waals surface area contributed by atoms with Gasteiger partial charge in [0.25, 0.3) is 0 Å². The molecule has 4 nitrogen and oxygen atoms in total. The predicted molar refractivity (Wildman–Crippen MR) is 91.2 cm³/mol. The molecule has 1 aromatic rings. The van der Waals surface area contributed by atoms with Crippen LogP contribution in [0.1, 0.15) is 43.7 Å². The Kier molecular flexibility index (Phi) is 6.06. The molecule has 0 radical (unpaired) electrons. The number of hydrogen-bond acceptors (Lipinski definition) is 3. The van der Waals surface area contributed by atoms with Gasteiger partial charge in [-0.15, -0.1) is 0 Å². The molecule has 1 saturated heterocycles. The average Bonchev–Trinajstić information content (AvgIpc) is 2.64. The number of carbonyl (C=O) groups excluding carboxylic acids is 1. The summed E-state index contributed by atoms with van der Waals surface area (Å²) in [6.07, 6.45) is 5.79. The Balaban J connectivity index is 1.62. The second-order valence-corrected chi connectivity index (χ2v) is 6.65. The quantitative estimate of drug-likeness (QED) is 0.908. The van der Waals surface area contributed by atoms with Gasteiger partial charge in [-0.3, -0.25) is 9.69 Å². The van der Waals surface area contributed by atoms with Gasteiger partial charge in [0.05, 0.1) is 19.3 Å². The van der Waals surface area contributed by atoms with Crippen molar-refractivity contribution < 1.29 is 9.53 Å². The van der Waals surface area contributed by atoms with Crippen LogP contribution in [-0.4, -0.2) is 43.7 Å². The van der Waals surface area contributed by atoms with Gasteiger partial charge in [-0.05, 0) is 18.4 Å². The molecule has 1 aromatic carbocycles. The summed E-state index contributed by atoms with van der Waals surface area (Å²) in [5.41, 5.74) is 1.28. The summed E-state index contributed by atoms with van der Waals surface area (Å²) >= 11 is 0. The van der Waals surface area contributed by atoms with Crippen molar-refractivity contribution in [2.75, 3.05) is 32.8 Å². The highest BCUT2D eigenvalue weighted by Gasteiger charge is 2.25. The lowest BCUT2D eigenvalue weighted by Gasteiger charge is -2.35. The molecule has 0 spiro atoms. The van der Waals surface area contributed by atoms with E-state index in [9.17, 15) is 4.79 Å². The minimum atomic E-state index is 0.227. The molecule has 0 bridgehead atoms. The number of hydrogen-bond donors (Lipinski definition) is 1. The van der Waals surface area contributed by atoms with Gasteiger partial charge in [0.1, 0.15) is 0 Å². The lowest BCUT2D eigenvalue weighted by molar-refractivity contribution is -0.126. The zero-order valence-corrected chi connectivity index (χ0v) is 13.9. The molecular formula is C19H28N2O2. The van der Waals surface area contributed by atoms with Crippen LogP contribution in [0.2, 0.25) is 0 Å². The van der Waals surface area contributed by atoms with E-state index in [0.717, 1.165) is 39.1 Å². The zero-order chi connectivity index (χ0) is 15.9. The molecule has 1 atom stereocenters. The maximum absolute atomic E-state index is 12.5. The maximum atomic E-state index is 12.5. The summed E-state index contributed by atoms with van der Waals surface area (Å²) in [6, 6.07) is 10.8. The van der Waals surface area contributed by atoms with Crippen LogP contribution >= 0.6 is 0 Å². The third-order valence-electron chi connectivity index (χ3n) is 5.12. The highest BCUT2D eigenvalue weighted by molar-refractivity contribution is 5.78. The fourth-order valence-electron chi connectivity index (χ4n) is 3.73. The van der Waals surface area contributed by atoms with E-state index in [1.807, 2.05) is 6.07 Å². The SMILES string of the molecule is O=C(NCC(c1ccccc1)N1CCOCC1)C1CCCCC1. The van der Waals surface area contributed by atoms with Crippen molar-refractivity contribution in [2.24, 2.45) is 5.92 Å². The molecule has 1 unspecified atom stereocenters. The normalized spacial score (nSPS) is 21.7. The molecule has 1 saturated carbocycles. The van der Waals surface area contributed by atoms with Gasteiger partial charge >= 0.3 is 0 Å². The number of ether oxygens (including phenoxy) is 1. The number of nitrogens with one attached hydrogen (secondary N) is 1. The summed E-state index contributed by atoms with van der Waals surface area (Å²) in [7, 11) is 0. The van der Waals surface area contributed by atoms with Crippen molar-refractivity contribution in [3.05, 3.63) is 35.9 Å². The Morgan fingerprint density at radius 1 is 1.13 bits per heavy atom. The first-order chi connectivity index (χ1) is 11.3. The summed E-state index contributed by atoms with van der Waals surface area (Å²) in [5.74, 6) is 0.476. The Labute approximate surface area is 139 Å². The summed E-state index contributed by atoms with van der Waals surface area (Å²) in [5, 5.41) is 3.23. The zero-order valence-electron chi connectivity index (χ0n) is 13.9. The monoisotopic (exact) mass is 316 g/mol. The summed E-state index contributed by atoms with van der Waals surface area (Å²) in [4.78, 5) is 14.9. The van der Waals surface area contributed by atoms with E-state index >= 15 is 0 Å². The Bertz CT molecular complexity index is 479. The van der Waals surface area contributed by atoms with E-state index in [4.69, 9.17) is 4.74 Å². The van der Waals surface area contributed by atoms with Gasteiger partial charge in [0.2, 0.25) is 5.91 Å². The predicted octanol–water partition coefficient (Wildman–Crippen LogP) is 2.76. The third-order valence-corrected chi connectivity index (χ3v) is 5.12. The Hall–Kier alpha value is -1.39. The largest absolute Gasteiger partial charge is 0.379 e. The topological polar surface area (TPSA) is 41.6 Å². The fourth-order valence-corrected chi connectivity index (χ4v) is 3.73. The number of benzene rings is 1. The standard InChI is InChI=1S/C19H28N2O2/c22-19(17-9-5-2-6-10-17)20-15-18(16-7-3-1-4-8-16)21-11-13-23-14-12-21/h1,3-4,7-8,17-18H,2,5-6,9-15H2,(H,20,22). The average molecular weight is 316 g/mol. The van der Waals surface area contributed by atoms with Gasteiger partial charge in [-0.25, -0.2) is 0 Å². The van der Waals surface area contributed by atoms with Gasteiger partial charge in [0, 0.05) is 25.6 Å². The van der Waals surface area contributed by atoms with Crippen LogP contribution in [0.3, 0.4) is 0 Å². The van der Waals surface area contributed by atoms with E-state index in [0.29, 0.717) is 6.54 Å². The van der Waals surface area contributed by atoms with Crippen LogP contribution in [0.4, 0.5) is 0 Å². The number of morpholine rings is 1. The highest BCUT2D eigenvalue weighted by Crippen LogP contribution is 2.25. The number of nitrogens with zero attached hydrogens (tertiary/aromatic N) is 1. The van der Waals surface area contributed by atoms with E-state index in [2.05, 4.69) is 34.5 Å². The summed E-state index contributed by atoms with van der Waals surface area (Å²) in [6.45, 7) is 4.11. The molecule has 2 aliphatic rings. The van der Waals surface area contributed by atoms with Crippen LogP contribution < -0.4 is 5.32 Å². The molecule has 23 heavy (non-hydrogen) atoms. The third kappa shape index (κ3) is 4.55. The molecule has 1 aliphatic heterocycles. The van der Waals surface area contributed by atoms with Crippen molar-refractivity contribution in [1.29, 1.82) is 0 Å². The minimum Gasteiger partial charge on any atom is -0.379 e. The number of rotatable bonds is 5. The van der Waals surface area contributed by atoms with Crippen LogP contribution in [0.5, 0.6) is 0 Å². The summed E-state index contributed by atoms with van der Waals surface area (Å²) < 4.78 is 5.48. The van der Waals surface area contributed by atoms with E-state index in [-0.39, 0.29) is 17.9 Å². The smallest absolute Gasteiger partial charge is 0.223 e. The number of amides is 1. The lowest BCUT2D eigenvalue weighted by Crippen LogP contribution is -2.44. The first kappa shape index (κ1) is 16.5. The highest BCUT2D eigenvalue weighted by atomic mass is 16.5. The van der Waals surface area contributed by atoms with Crippen molar-refractivity contribution in [2.45, 2.75) is 38.1 Å². The Morgan fingerprint density at radius 3 is 2.52 bits per heavy atom. The van der Waals surface area contributed by atoms with Gasteiger partial charge in [-0.2, -0.15) is 0 Å². The molecule has 0 aromatic heterocycles. The first-order valence-corrected chi connectivity index (χ1v) is 8.99. The van der Waals surface area contributed by atoms with E-state index in [1.54, 1.807) is 0 Å². The van der Waals surface area contributed by atoms with Crippen LogP contribution in [0.15, 0.2) is 30.3 Å². The van der Waals surface area contributed by atoms with E-state index in [1.165, 1.54) is 24.8 Å². The molecule has 1 N–H and O–H groups in total. The van der Waals surface area contributed by atoms with Crippen molar-refractivity contribution >= 4 is 5.91 Å². The van der Waals surface area contributed by atoms with Gasteiger partial charge in [-0.1, -0.05) is 49.6 Å². The van der Waals surface area contributed by atoms with Gasteiger partial charge < -0.3 is 10.1 Å². The van der Waals surface area contributed by atoms with Crippen molar-refractivity contribution in [3.63, 3.8) is 0 Å². The van der Waals surface area contributed by atoms with Crippen LogP contribution in [-0.2, 0) is 9.53 Å². The van der Waals surface area contributed by atoms with Crippen LogP contribution in [0.25, 0.3) is 0 Å². The second kappa shape index (κ2) is 8.46. The molecule has 1 aliphatic carbocycles. The molecule has 3 rings (SSSR count). The van der Waals surface area contributed by atoms with Crippen LogP contribution in [0, 0.1) is 5.92 Å². The fraction of sp³-hybridized carbons (Fsp3) is 0.632. The van der Waals surface area contributed by atoms with Crippen molar-refractivity contribution in [3.8, 4) is 0 Å². The maximum Gasteiger partial charge on any atom is 0.223 e. The van der Waals surface area contributed by atoms with Crippen molar-refractivity contribution in [1.82, 2.24) is 10.2 Å². The second-order valence-electron chi connectivity index (χ2n) is 6.65. The minimum absolute atomic E-state index is 0.227. The molecule has 4 heteroatoms. The first-order valence-electron chi connectivity index (χ1n) is 8.99. The molecule has 1 heterocycles. The molecule has 2 fully saturated rings. The Morgan fingerprint density at radius 2 is 1.83 bits per heavy atom. The molecule has 126 valence electrons. The van der Waals surface area contributed by atoms with E-state index < -0.39 is 0 Å². The molecule has 1 amide bonds. The van der Waals surface area contributed by atoms with Gasteiger partial charge in [0.15, 0.2) is 0 Å². The number of carbonyl (C=O) groups is 1.